The van der Waals surface area contributed by atoms with Crippen LogP contribution in [0.25, 0.3) is 0 Å². The van der Waals surface area contributed by atoms with Gasteiger partial charge in [-0.1, -0.05) is 12.1 Å². The lowest BCUT2D eigenvalue weighted by Crippen LogP contribution is -2.36. The van der Waals surface area contributed by atoms with E-state index in [4.69, 9.17) is 4.74 Å². The second-order valence-corrected chi connectivity index (χ2v) is 6.09. The minimum Gasteiger partial charge on any atom is -0.491 e. The fourth-order valence-corrected chi connectivity index (χ4v) is 2.88. The van der Waals surface area contributed by atoms with Crippen LogP contribution in [0.5, 0.6) is 5.75 Å². The molecule has 1 aliphatic heterocycles. The molecule has 1 aromatic rings. The third-order valence-corrected chi connectivity index (χ3v) is 3.88. The fourth-order valence-electron chi connectivity index (χ4n) is 2.88. The van der Waals surface area contributed by atoms with Gasteiger partial charge in [-0.3, -0.25) is 4.90 Å². The third-order valence-electron chi connectivity index (χ3n) is 3.88. The first-order chi connectivity index (χ1) is 9.67. The van der Waals surface area contributed by atoms with Gasteiger partial charge in [-0.05, 0) is 77.0 Å². The Balaban J connectivity index is 0.00000220. The molecule has 2 rings (SSSR count). The number of hydrogen-bond donors (Lipinski definition) is 1. The zero-order valence-electron chi connectivity index (χ0n) is 13.5. The van der Waals surface area contributed by atoms with Gasteiger partial charge in [0, 0.05) is 6.54 Å². The van der Waals surface area contributed by atoms with Crippen molar-refractivity contribution in [3.8, 4) is 5.75 Å². The van der Waals surface area contributed by atoms with E-state index in [1.165, 1.54) is 31.5 Å². The Morgan fingerprint density at radius 2 is 2.00 bits per heavy atom. The maximum Gasteiger partial charge on any atom is 0.120 e. The van der Waals surface area contributed by atoms with Crippen LogP contribution in [0, 0.1) is 5.92 Å². The second-order valence-electron chi connectivity index (χ2n) is 6.09. The summed E-state index contributed by atoms with van der Waals surface area (Å²) < 4.78 is 5.77. The quantitative estimate of drug-likeness (QED) is 0.872. The molecule has 1 N–H and O–H groups in total. The third kappa shape index (κ3) is 6.25. The zero-order valence-corrected chi connectivity index (χ0v) is 14.3. The summed E-state index contributed by atoms with van der Waals surface area (Å²) in [4.78, 5) is 2.56. The highest BCUT2D eigenvalue weighted by atomic mass is 35.5. The van der Waals surface area contributed by atoms with E-state index in [2.05, 4.69) is 42.3 Å². The lowest BCUT2D eigenvalue weighted by atomic mass is 9.96. The summed E-state index contributed by atoms with van der Waals surface area (Å²) in [6.45, 7) is 8.76. The monoisotopic (exact) mass is 312 g/mol. The minimum atomic E-state index is 0. The van der Waals surface area contributed by atoms with Crippen LogP contribution in [0.3, 0.4) is 0 Å². The van der Waals surface area contributed by atoms with Crippen molar-refractivity contribution in [3.63, 3.8) is 0 Å². The average Bonchev–Trinajstić information content (AvgIpc) is 2.41. The first kappa shape index (κ1) is 18.3. The average molecular weight is 313 g/mol. The van der Waals surface area contributed by atoms with Gasteiger partial charge in [0.25, 0.3) is 0 Å². The van der Waals surface area contributed by atoms with E-state index in [0.29, 0.717) is 0 Å². The molecule has 0 spiro atoms. The molecule has 0 bridgehead atoms. The van der Waals surface area contributed by atoms with Gasteiger partial charge < -0.3 is 10.1 Å². The summed E-state index contributed by atoms with van der Waals surface area (Å²) in [7, 11) is 2.05. The molecule has 0 radical (unpaired) electrons. The number of ether oxygens (including phenoxy) is 1. The van der Waals surface area contributed by atoms with Gasteiger partial charge in [-0.15, -0.1) is 12.4 Å². The number of likely N-dealkylation sites (tertiary alicyclic amines) is 1. The summed E-state index contributed by atoms with van der Waals surface area (Å²) in [5, 5.41) is 3.29. The smallest absolute Gasteiger partial charge is 0.120 e. The van der Waals surface area contributed by atoms with Crippen LogP contribution in [-0.4, -0.2) is 37.7 Å². The molecule has 1 aliphatic rings. The molecule has 21 heavy (non-hydrogen) atoms. The van der Waals surface area contributed by atoms with Gasteiger partial charge in [0.05, 0.1) is 6.10 Å². The van der Waals surface area contributed by atoms with Crippen molar-refractivity contribution in [1.29, 1.82) is 0 Å². The molecule has 3 nitrogen and oxygen atoms in total. The Morgan fingerprint density at radius 3 is 2.62 bits per heavy atom. The molecule has 0 amide bonds. The highest BCUT2D eigenvalue weighted by Gasteiger charge is 2.18. The molecule has 0 saturated carbocycles. The van der Waals surface area contributed by atoms with E-state index >= 15 is 0 Å². The number of nitrogens with one attached hydrogen (secondary N) is 1. The number of halogens is 1. The van der Waals surface area contributed by atoms with Gasteiger partial charge in [-0.25, -0.2) is 0 Å². The van der Waals surface area contributed by atoms with Crippen molar-refractivity contribution in [1.82, 2.24) is 10.2 Å². The predicted octanol–water partition coefficient (Wildman–Crippen LogP) is 3.33. The van der Waals surface area contributed by atoms with E-state index in [1.54, 1.807) is 0 Å². The Kier molecular flexibility index (Phi) is 8.09. The van der Waals surface area contributed by atoms with Crippen LogP contribution in [0.2, 0.25) is 0 Å². The molecule has 1 saturated heterocycles. The van der Waals surface area contributed by atoms with Gasteiger partial charge in [0.2, 0.25) is 0 Å². The summed E-state index contributed by atoms with van der Waals surface area (Å²) in [6, 6.07) is 8.52. The number of piperidine rings is 1. The zero-order chi connectivity index (χ0) is 14.4. The molecule has 0 atom stereocenters. The summed E-state index contributed by atoms with van der Waals surface area (Å²) in [6.07, 6.45) is 2.86. The molecular formula is C17H29ClN2O. The summed E-state index contributed by atoms with van der Waals surface area (Å²) >= 11 is 0. The fraction of sp³-hybridized carbons (Fsp3) is 0.647. The van der Waals surface area contributed by atoms with Crippen LogP contribution in [0.4, 0.5) is 0 Å². The first-order valence-corrected chi connectivity index (χ1v) is 7.80. The van der Waals surface area contributed by atoms with Gasteiger partial charge >= 0.3 is 0 Å². The number of benzene rings is 1. The van der Waals surface area contributed by atoms with Crippen LogP contribution in [0.15, 0.2) is 24.3 Å². The minimum absolute atomic E-state index is 0. The topological polar surface area (TPSA) is 24.5 Å². The molecule has 120 valence electrons. The van der Waals surface area contributed by atoms with Crippen molar-refractivity contribution in [2.75, 3.05) is 26.7 Å². The van der Waals surface area contributed by atoms with Crippen molar-refractivity contribution < 1.29 is 4.74 Å². The summed E-state index contributed by atoms with van der Waals surface area (Å²) in [5.41, 5.74) is 1.36. The van der Waals surface area contributed by atoms with Crippen molar-refractivity contribution in [2.24, 2.45) is 5.92 Å². The Hall–Kier alpha value is -0.770. The largest absolute Gasteiger partial charge is 0.491 e. The van der Waals surface area contributed by atoms with E-state index < -0.39 is 0 Å². The maximum absolute atomic E-state index is 5.77. The van der Waals surface area contributed by atoms with E-state index in [9.17, 15) is 0 Å². The van der Waals surface area contributed by atoms with Gasteiger partial charge in [0.15, 0.2) is 0 Å². The lowest BCUT2D eigenvalue weighted by molar-refractivity contribution is 0.176. The van der Waals surface area contributed by atoms with E-state index in [0.717, 1.165) is 24.8 Å². The predicted molar refractivity (Wildman–Crippen MR) is 91.4 cm³/mol. The summed E-state index contributed by atoms with van der Waals surface area (Å²) in [5.74, 6) is 1.84. The van der Waals surface area contributed by atoms with E-state index in [-0.39, 0.29) is 18.5 Å². The molecule has 0 unspecified atom stereocenters. The van der Waals surface area contributed by atoms with Crippen LogP contribution >= 0.6 is 12.4 Å². The van der Waals surface area contributed by atoms with Gasteiger partial charge in [0.1, 0.15) is 5.75 Å². The first-order valence-electron chi connectivity index (χ1n) is 7.80. The SMILES string of the molecule is CNCC1CCN(Cc2cccc(OC(C)C)c2)CC1.Cl. The molecule has 1 heterocycles. The molecule has 4 heteroatoms. The van der Waals surface area contributed by atoms with Crippen LogP contribution < -0.4 is 10.1 Å². The molecule has 1 fully saturated rings. The molecular weight excluding hydrogens is 284 g/mol. The van der Waals surface area contributed by atoms with Gasteiger partial charge in [-0.2, -0.15) is 0 Å². The Morgan fingerprint density at radius 1 is 1.29 bits per heavy atom. The number of hydrogen-bond acceptors (Lipinski definition) is 3. The Labute approximate surface area is 135 Å². The lowest BCUT2D eigenvalue weighted by Gasteiger charge is -2.32. The second kappa shape index (κ2) is 9.29. The Bertz CT molecular complexity index is 404. The van der Waals surface area contributed by atoms with Crippen LogP contribution in [0.1, 0.15) is 32.3 Å². The van der Waals surface area contributed by atoms with Crippen molar-refractivity contribution in [3.05, 3.63) is 29.8 Å². The maximum atomic E-state index is 5.77. The van der Waals surface area contributed by atoms with Crippen molar-refractivity contribution >= 4 is 12.4 Å². The molecule has 0 aliphatic carbocycles. The highest BCUT2D eigenvalue weighted by Crippen LogP contribution is 2.20. The van der Waals surface area contributed by atoms with E-state index in [1.807, 2.05) is 13.1 Å². The number of nitrogens with zero attached hydrogens (tertiary/aromatic N) is 1. The molecule has 0 aromatic heterocycles. The highest BCUT2D eigenvalue weighted by molar-refractivity contribution is 5.85. The standard InChI is InChI=1S/C17H28N2O.ClH/c1-14(2)20-17-6-4-5-16(11-17)13-19-9-7-15(8-10-19)12-18-3;/h4-6,11,14-15,18H,7-10,12-13H2,1-3H3;1H. The van der Waals surface area contributed by atoms with Crippen molar-refractivity contribution in [2.45, 2.75) is 39.3 Å². The van der Waals surface area contributed by atoms with Crippen LogP contribution in [-0.2, 0) is 6.54 Å². The molecule has 1 aromatic carbocycles. The normalized spacial score (nSPS) is 16.8. The number of rotatable bonds is 6.